The Morgan fingerprint density at radius 3 is 2.45 bits per heavy atom. The minimum Gasteiger partial charge on any atom is -0.466 e. The van der Waals surface area contributed by atoms with Crippen molar-refractivity contribution in [2.24, 2.45) is 11.5 Å². The van der Waals surface area contributed by atoms with Crippen molar-refractivity contribution in [3.05, 3.63) is 0 Å². The number of esters is 1. The van der Waals surface area contributed by atoms with Gasteiger partial charge in [-0.1, -0.05) is 0 Å². The van der Waals surface area contributed by atoms with E-state index in [1.54, 1.807) is 6.92 Å². The number of rotatable bonds is 4. The van der Waals surface area contributed by atoms with Crippen molar-refractivity contribution >= 4 is 11.9 Å². The maximum atomic E-state index is 10.6. The molecule has 0 fully saturated rings. The summed E-state index contributed by atoms with van der Waals surface area (Å²) in [5.41, 5.74) is 9.98. The van der Waals surface area contributed by atoms with E-state index < -0.39 is 17.9 Å². The summed E-state index contributed by atoms with van der Waals surface area (Å²) in [5, 5.41) is 0. The molecule has 5 nitrogen and oxygen atoms in total. The number of ether oxygens (including phenoxy) is 1. The van der Waals surface area contributed by atoms with E-state index in [-0.39, 0.29) is 13.0 Å². The molecule has 0 bridgehead atoms. The van der Waals surface area contributed by atoms with Gasteiger partial charge >= 0.3 is 5.97 Å². The van der Waals surface area contributed by atoms with Crippen molar-refractivity contribution in [1.29, 1.82) is 0 Å². The van der Waals surface area contributed by atoms with Gasteiger partial charge in [-0.15, -0.1) is 0 Å². The van der Waals surface area contributed by atoms with Gasteiger partial charge < -0.3 is 16.2 Å². The molecule has 0 radical (unpaired) electrons. The van der Waals surface area contributed by atoms with E-state index >= 15 is 0 Å². The molecule has 0 saturated carbocycles. The van der Waals surface area contributed by atoms with Gasteiger partial charge in [0.15, 0.2) is 0 Å². The number of hydrogen-bond donors (Lipinski definition) is 2. The number of amides is 1. The Labute approximate surface area is 64.7 Å². The van der Waals surface area contributed by atoms with E-state index in [1.165, 1.54) is 0 Å². The van der Waals surface area contributed by atoms with Crippen LogP contribution in [0.25, 0.3) is 0 Å². The predicted molar refractivity (Wildman–Crippen MR) is 38.4 cm³/mol. The number of carbonyl (C=O) groups excluding carboxylic acids is 2. The van der Waals surface area contributed by atoms with Crippen LogP contribution in [0.4, 0.5) is 0 Å². The average molecular weight is 160 g/mol. The largest absolute Gasteiger partial charge is 0.466 e. The van der Waals surface area contributed by atoms with Crippen molar-refractivity contribution in [1.82, 2.24) is 0 Å². The molecule has 0 aromatic heterocycles. The number of carbonyl (C=O) groups is 2. The van der Waals surface area contributed by atoms with E-state index in [0.29, 0.717) is 0 Å². The molecule has 0 aliphatic heterocycles. The lowest BCUT2D eigenvalue weighted by atomic mass is 10.2. The zero-order valence-corrected chi connectivity index (χ0v) is 6.37. The quantitative estimate of drug-likeness (QED) is 0.502. The molecule has 0 heterocycles. The molecule has 1 amide bonds. The highest BCUT2D eigenvalue weighted by Crippen LogP contribution is 1.90. The van der Waals surface area contributed by atoms with Crippen LogP contribution >= 0.6 is 0 Å². The molecule has 1 atom stereocenters. The van der Waals surface area contributed by atoms with Crippen LogP contribution in [0.1, 0.15) is 13.3 Å². The SMILES string of the molecule is CCOC(=O)C[C@H](N)C(N)=O. The first-order valence-electron chi connectivity index (χ1n) is 3.28. The number of hydrogen-bond acceptors (Lipinski definition) is 4. The Morgan fingerprint density at radius 1 is 1.55 bits per heavy atom. The van der Waals surface area contributed by atoms with Gasteiger partial charge in [0.05, 0.1) is 19.1 Å². The predicted octanol–water partition coefficient (Wildman–Crippen LogP) is -1.25. The normalized spacial score (nSPS) is 12.2. The minimum absolute atomic E-state index is 0.150. The summed E-state index contributed by atoms with van der Waals surface area (Å²) in [6.07, 6.45) is -0.150. The first-order valence-corrected chi connectivity index (χ1v) is 3.28. The van der Waals surface area contributed by atoms with Gasteiger partial charge in [0, 0.05) is 0 Å². The number of nitrogens with two attached hydrogens (primary N) is 2. The van der Waals surface area contributed by atoms with Gasteiger partial charge in [-0.05, 0) is 6.92 Å². The molecule has 0 aliphatic rings. The first-order chi connectivity index (χ1) is 5.07. The monoisotopic (exact) mass is 160 g/mol. The van der Waals surface area contributed by atoms with Gasteiger partial charge in [-0.3, -0.25) is 9.59 Å². The standard InChI is InChI=1S/C6H12N2O3/c1-2-11-5(9)3-4(7)6(8)10/h4H,2-3,7H2,1H3,(H2,8,10)/t4-/m0/s1. The van der Waals surface area contributed by atoms with Crippen LogP contribution in [-0.2, 0) is 14.3 Å². The van der Waals surface area contributed by atoms with Gasteiger partial charge in [0.2, 0.25) is 5.91 Å². The second-order valence-electron chi connectivity index (χ2n) is 2.02. The Hall–Kier alpha value is -1.10. The summed E-state index contributed by atoms with van der Waals surface area (Å²) < 4.78 is 4.54. The average Bonchev–Trinajstić information content (AvgIpc) is 1.87. The molecule has 0 unspecified atom stereocenters. The van der Waals surface area contributed by atoms with Gasteiger partial charge in [-0.25, -0.2) is 0 Å². The fourth-order valence-corrected chi connectivity index (χ4v) is 0.500. The van der Waals surface area contributed by atoms with Crippen molar-refractivity contribution in [2.45, 2.75) is 19.4 Å². The van der Waals surface area contributed by atoms with E-state index in [0.717, 1.165) is 0 Å². The van der Waals surface area contributed by atoms with Crippen molar-refractivity contribution in [2.75, 3.05) is 6.61 Å². The van der Waals surface area contributed by atoms with Crippen molar-refractivity contribution in [3.63, 3.8) is 0 Å². The Kier molecular flexibility index (Phi) is 4.21. The van der Waals surface area contributed by atoms with Gasteiger partial charge in [0.1, 0.15) is 0 Å². The summed E-state index contributed by atoms with van der Waals surface area (Å²) >= 11 is 0. The van der Waals surface area contributed by atoms with Crippen LogP contribution in [0.15, 0.2) is 0 Å². The van der Waals surface area contributed by atoms with E-state index in [9.17, 15) is 9.59 Å². The summed E-state index contributed by atoms with van der Waals surface area (Å²) in [7, 11) is 0. The van der Waals surface area contributed by atoms with Crippen LogP contribution in [-0.4, -0.2) is 24.5 Å². The van der Waals surface area contributed by atoms with Crippen LogP contribution in [0.5, 0.6) is 0 Å². The first kappa shape index (κ1) is 9.90. The highest BCUT2D eigenvalue weighted by molar-refractivity contribution is 5.84. The van der Waals surface area contributed by atoms with Crippen LogP contribution in [0.2, 0.25) is 0 Å². The summed E-state index contributed by atoms with van der Waals surface area (Å²) in [6.45, 7) is 1.96. The second kappa shape index (κ2) is 4.68. The lowest BCUT2D eigenvalue weighted by Crippen LogP contribution is -2.38. The maximum Gasteiger partial charge on any atom is 0.307 e. The molecular weight excluding hydrogens is 148 g/mol. The Bertz CT molecular complexity index is 158. The van der Waals surface area contributed by atoms with E-state index in [2.05, 4.69) is 4.74 Å². The minimum atomic E-state index is -0.936. The Morgan fingerprint density at radius 2 is 2.09 bits per heavy atom. The fraction of sp³-hybridized carbons (Fsp3) is 0.667. The van der Waals surface area contributed by atoms with Crippen LogP contribution in [0, 0.1) is 0 Å². The lowest BCUT2D eigenvalue weighted by molar-refractivity contribution is -0.144. The fourth-order valence-electron chi connectivity index (χ4n) is 0.500. The summed E-state index contributed by atoms with van der Waals surface area (Å²) in [4.78, 5) is 21.0. The zero-order valence-electron chi connectivity index (χ0n) is 6.37. The molecule has 4 N–H and O–H groups in total. The molecule has 5 heteroatoms. The number of primary amides is 1. The van der Waals surface area contributed by atoms with E-state index in [4.69, 9.17) is 11.5 Å². The summed E-state index contributed by atoms with van der Waals surface area (Å²) in [6, 6.07) is -0.936. The van der Waals surface area contributed by atoms with Crippen LogP contribution in [0.3, 0.4) is 0 Å². The smallest absolute Gasteiger partial charge is 0.307 e. The zero-order chi connectivity index (χ0) is 8.85. The molecule has 0 rings (SSSR count). The van der Waals surface area contributed by atoms with Crippen molar-refractivity contribution in [3.8, 4) is 0 Å². The summed E-state index contributed by atoms with van der Waals surface area (Å²) in [5.74, 6) is -1.20. The highest BCUT2D eigenvalue weighted by atomic mass is 16.5. The lowest BCUT2D eigenvalue weighted by Gasteiger charge is -2.05. The molecule has 64 valence electrons. The molecule has 0 aromatic rings. The van der Waals surface area contributed by atoms with E-state index in [1.807, 2.05) is 0 Å². The van der Waals surface area contributed by atoms with Gasteiger partial charge in [-0.2, -0.15) is 0 Å². The highest BCUT2D eigenvalue weighted by Gasteiger charge is 2.14. The topological polar surface area (TPSA) is 95.4 Å². The third-order valence-corrected chi connectivity index (χ3v) is 1.06. The third kappa shape index (κ3) is 4.32. The molecule has 0 aliphatic carbocycles. The Balaban J connectivity index is 3.66. The molecule has 0 aromatic carbocycles. The molecule has 0 spiro atoms. The molecule has 11 heavy (non-hydrogen) atoms. The molecule has 0 saturated heterocycles. The van der Waals surface area contributed by atoms with Gasteiger partial charge in [0.25, 0.3) is 0 Å². The maximum absolute atomic E-state index is 10.6. The van der Waals surface area contributed by atoms with Crippen molar-refractivity contribution < 1.29 is 14.3 Å². The second-order valence-corrected chi connectivity index (χ2v) is 2.02. The third-order valence-electron chi connectivity index (χ3n) is 1.06. The van der Waals surface area contributed by atoms with Crippen LogP contribution < -0.4 is 11.5 Å². The molecular formula is C6H12N2O3.